The van der Waals surface area contributed by atoms with Gasteiger partial charge in [0, 0.05) is 24.3 Å². The number of thioether (sulfide) groups is 1. The third-order valence-corrected chi connectivity index (χ3v) is 12.2. The first-order valence-corrected chi connectivity index (χ1v) is 24.5. The first kappa shape index (κ1) is 53.8. The van der Waals surface area contributed by atoms with Crippen LogP contribution in [0.5, 0.6) is 0 Å². The van der Waals surface area contributed by atoms with E-state index in [1.165, 1.54) is 134 Å². The van der Waals surface area contributed by atoms with Crippen LogP contribution in [0.2, 0.25) is 0 Å². The van der Waals surface area contributed by atoms with Crippen molar-refractivity contribution >= 4 is 35.4 Å². The highest BCUT2D eigenvalue weighted by Crippen LogP contribution is 2.28. The number of hydrogen-bond acceptors (Lipinski definition) is 14. The molecule has 16 heteroatoms. The Morgan fingerprint density at radius 3 is 1.72 bits per heavy atom. The van der Waals surface area contributed by atoms with Gasteiger partial charge in [-0.2, -0.15) is 11.8 Å². The average molecular weight is 872 g/mol. The van der Waals surface area contributed by atoms with Crippen molar-refractivity contribution in [2.45, 2.75) is 224 Å². The van der Waals surface area contributed by atoms with Gasteiger partial charge in [-0.25, -0.2) is 4.68 Å². The molecule has 15 nitrogen and oxygen atoms in total. The number of nitrogens with one attached hydrogen (secondary N) is 1. The largest absolute Gasteiger partial charge is 0.462 e. The number of anilines is 1. The van der Waals surface area contributed by atoms with E-state index < -0.39 is 55.3 Å². The van der Waals surface area contributed by atoms with E-state index in [4.69, 9.17) is 19.9 Å². The van der Waals surface area contributed by atoms with Crippen LogP contribution in [0.1, 0.15) is 187 Å². The zero-order valence-electron chi connectivity index (χ0n) is 36.9. The number of rotatable bonds is 37. The van der Waals surface area contributed by atoms with E-state index in [2.05, 4.69) is 29.5 Å². The lowest BCUT2D eigenvalue weighted by atomic mass is 9.98. The number of carbonyl (C=O) groups is 3. The molecule has 1 fully saturated rings. The Bertz CT molecular complexity index is 1260. The van der Waals surface area contributed by atoms with Crippen LogP contribution in [-0.2, 0) is 28.6 Å². The number of unbranched alkanes of at least 4 members (excludes halogenated alkanes) is 22. The summed E-state index contributed by atoms with van der Waals surface area (Å²) in [6.45, 7) is 3.80. The second-order valence-electron chi connectivity index (χ2n) is 16.5. The van der Waals surface area contributed by atoms with Gasteiger partial charge in [0.1, 0.15) is 37.1 Å². The van der Waals surface area contributed by atoms with Gasteiger partial charge in [-0.3, -0.25) is 14.4 Å². The smallest absolute Gasteiger partial charge is 0.306 e. The molecular formula is C44H81N5O10S. The standard InChI is InChI=1S/C44H81N5O10S/c1-3-5-7-9-11-13-15-17-19-21-23-25-27-38(51)57-31-34(58-39(52)28-26-24-22-20-18-16-14-12-10-8-6-4-2)32-60-33-35(45)43(56)46-37-29-49(48-47-37)44-42(55)41(54)40(53)36(30-50)59-44/h29,34-36,40-42,44,50,53-55H,3-28,30-33,45H2,1-2H3,(H,46,56)/t34?,35?,36?,40?,41?,42?,44-/m0/s1. The lowest BCUT2D eigenvalue weighted by Crippen LogP contribution is -2.56. The van der Waals surface area contributed by atoms with Crippen LogP contribution < -0.4 is 11.1 Å². The number of nitrogens with two attached hydrogens (primary N) is 1. The highest BCUT2D eigenvalue weighted by molar-refractivity contribution is 7.99. The molecule has 6 unspecified atom stereocenters. The van der Waals surface area contributed by atoms with Crippen LogP contribution in [0, 0.1) is 0 Å². The summed E-state index contributed by atoms with van der Waals surface area (Å²) in [5, 5.41) is 50.3. The molecule has 2 heterocycles. The molecule has 1 aliphatic rings. The summed E-state index contributed by atoms with van der Waals surface area (Å²) in [4.78, 5) is 38.4. The highest BCUT2D eigenvalue weighted by atomic mass is 32.2. The van der Waals surface area contributed by atoms with Crippen LogP contribution in [0.25, 0.3) is 0 Å². The Labute approximate surface area is 364 Å². The van der Waals surface area contributed by atoms with Crippen molar-refractivity contribution in [2.75, 3.05) is 30.0 Å². The van der Waals surface area contributed by atoms with E-state index in [9.17, 15) is 34.8 Å². The zero-order chi connectivity index (χ0) is 43.8. The molecule has 7 atom stereocenters. The Kier molecular flexibility index (Phi) is 30.6. The first-order valence-electron chi connectivity index (χ1n) is 23.3. The zero-order valence-corrected chi connectivity index (χ0v) is 37.7. The monoisotopic (exact) mass is 872 g/mol. The average Bonchev–Trinajstić information content (AvgIpc) is 3.70. The number of carbonyl (C=O) groups excluding carboxylic acids is 3. The minimum absolute atomic E-state index is 0.00194. The molecular weight excluding hydrogens is 791 g/mol. The predicted octanol–water partition coefficient (Wildman–Crippen LogP) is 6.89. The number of aliphatic hydroxyl groups is 4. The molecule has 1 aromatic heterocycles. The molecule has 0 saturated carbocycles. The molecule has 0 aliphatic carbocycles. The molecule has 1 aromatic rings. The molecule has 0 bridgehead atoms. The lowest BCUT2D eigenvalue weighted by Gasteiger charge is -2.39. The molecule has 2 rings (SSSR count). The normalized spacial score (nSPS) is 20.1. The van der Waals surface area contributed by atoms with Gasteiger partial charge in [0.05, 0.1) is 18.8 Å². The van der Waals surface area contributed by atoms with Crippen molar-refractivity contribution in [3.63, 3.8) is 0 Å². The highest BCUT2D eigenvalue weighted by Gasteiger charge is 2.44. The molecule has 348 valence electrons. The summed E-state index contributed by atoms with van der Waals surface area (Å²) in [5.74, 6) is -0.799. The van der Waals surface area contributed by atoms with E-state index in [-0.39, 0.29) is 42.3 Å². The number of nitrogens with zero attached hydrogens (tertiary/aromatic N) is 3. The second kappa shape index (κ2) is 34.2. The summed E-state index contributed by atoms with van der Waals surface area (Å²) in [6, 6.07) is -0.988. The van der Waals surface area contributed by atoms with Gasteiger partial charge in [0.15, 0.2) is 12.0 Å². The summed E-state index contributed by atoms with van der Waals surface area (Å²) < 4.78 is 17.9. The third-order valence-electron chi connectivity index (χ3n) is 11.0. The fraction of sp³-hybridized carbons (Fsp3) is 0.886. The van der Waals surface area contributed by atoms with Crippen molar-refractivity contribution in [3.05, 3.63) is 6.20 Å². The number of ether oxygens (including phenoxy) is 3. The van der Waals surface area contributed by atoms with Gasteiger partial charge >= 0.3 is 11.9 Å². The minimum Gasteiger partial charge on any atom is -0.462 e. The van der Waals surface area contributed by atoms with E-state index in [0.29, 0.717) is 6.42 Å². The SMILES string of the molecule is CCCCCCCCCCCCCCC(=O)OCC(CSCC(N)C(=O)Nc1cn([C@H]2OC(CO)C(O)C(O)C2O)nn1)OC(=O)CCCCCCCCCCCCCC. The summed E-state index contributed by atoms with van der Waals surface area (Å²) in [5.41, 5.74) is 6.17. The molecule has 1 aliphatic heterocycles. The molecule has 7 N–H and O–H groups in total. The van der Waals surface area contributed by atoms with Crippen molar-refractivity contribution in [1.82, 2.24) is 15.0 Å². The van der Waals surface area contributed by atoms with Crippen LogP contribution in [-0.4, -0.2) is 115 Å². The second-order valence-corrected chi connectivity index (χ2v) is 17.6. The number of hydrogen-bond donors (Lipinski definition) is 6. The van der Waals surface area contributed by atoms with Crippen LogP contribution in [0.4, 0.5) is 5.82 Å². The molecule has 0 aromatic carbocycles. The Balaban J connectivity index is 1.76. The lowest BCUT2D eigenvalue weighted by molar-refractivity contribution is -0.254. The fourth-order valence-corrected chi connectivity index (χ4v) is 8.19. The maximum Gasteiger partial charge on any atom is 0.306 e. The molecule has 0 radical (unpaired) electrons. The van der Waals surface area contributed by atoms with Gasteiger partial charge in [-0.1, -0.05) is 160 Å². The van der Waals surface area contributed by atoms with Crippen molar-refractivity contribution in [1.29, 1.82) is 0 Å². The minimum atomic E-state index is -1.60. The Morgan fingerprint density at radius 2 is 1.22 bits per heavy atom. The van der Waals surface area contributed by atoms with Gasteiger partial charge in [-0.05, 0) is 12.8 Å². The Hall–Kier alpha value is -2.34. The fourth-order valence-electron chi connectivity index (χ4n) is 7.22. The van der Waals surface area contributed by atoms with Crippen LogP contribution >= 0.6 is 11.8 Å². The van der Waals surface area contributed by atoms with Gasteiger partial charge in [0.2, 0.25) is 5.91 Å². The van der Waals surface area contributed by atoms with E-state index in [0.717, 1.165) is 43.2 Å². The number of esters is 2. The number of aromatic nitrogens is 3. The number of amides is 1. The maximum absolute atomic E-state index is 12.9. The first-order chi connectivity index (χ1) is 29.1. The summed E-state index contributed by atoms with van der Waals surface area (Å²) in [7, 11) is 0. The third kappa shape index (κ3) is 23.8. The van der Waals surface area contributed by atoms with Crippen molar-refractivity contribution in [3.8, 4) is 0 Å². The number of aliphatic hydroxyl groups excluding tert-OH is 4. The topological polar surface area (TPSA) is 229 Å². The molecule has 1 saturated heterocycles. The maximum atomic E-state index is 12.9. The molecule has 60 heavy (non-hydrogen) atoms. The predicted molar refractivity (Wildman–Crippen MR) is 235 cm³/mol. The quantitative estimate of drug-likeness (QED) is 0.0296. The summed E-state index contributed by atoms with van der Waals surface area (Å²) in [6.07, 6.45) is 22.8. The summed E-state index contributed by atoms with van der Waals surface area (Å²) >= 11 is 1.29. The van der Waals surface area contributed by atoms with E-state index in [1.807, 2.05) is 0 Å². The Morgan fingerprint density at radius 1 is 0.733 bits per heavy atom. The van der Waals surface area contributed by atoms with Gasteiger partial charge in [0.25, 0.3) is 0 Å². The van der Waals surface area contributed by atoms with Gasteiger partial charge in [-0.15, -0.1) is 5.10 Å². The van der Waals surface area contributed by atoms with Crippen LogP contribution in [0.15, 0.2) is 6.20 Å². The van der Waals surface area contributed by atoms with Gasteiger partial charge < -0.3 is 45.7 Å². The van der Waals surface area contributed by atoms with Crippen molar-refractivity contribution in [2.24, 2.45) is 5.73 Å². The van der Waals surface area contributed by atoms with Crippen LogP contribution in [0.3, 0.4) is 0 Å². The molecule has 1 amide bonds. The van der Waals surface area contributed by atoms with E-state index >= 15 is 0 Å². The van der Waals surface area contributed by atoms with E-state index in [1.54, 1.807) is 0 Å². The molecule has 0 spiro atoms. The van der Waals surface area contributed by atoms with Crippen molar-refractivity contribution < 1.29 is 49.0 Å².